The minimum atomic E-state index is -0.386. The molecule has 0 atom stereocenters. The highest BCUT2D eigenvalue weighted by Gasteiger charge is 2.51. The zero-order valence-electron chi connectivity index (χ0n) is 15.0. The Morgan fingerprint density at radius 1 is 1.17 bits per heavy atom. The highest BCUT2D eigenvalue weighted by Crippen LogP contribution is 2.36. The van der Waals surface area contributed by atoms with Crippen molar-refractivity contribution in [3.8, 4) is 0 Å². The molecule has 0 radical (unpaired) electrons. The maximum Gasteiger partial charge on any atom is 0.494 e. The van der Waals surface area contributed by atoms with Crippen molar-refractivity contribution in [3.05, 3.63) is 29.8 Å². The molecule has 0 aromatic heterocycles. The Bertz CT molecular complexity index is 593. The van der Waals surface area contributed by atoms with E-state index in [4.69, 9.17) is 15.0 Å². The van der Waals surface area contributed by atoms with Gasteiger partial charge in [0.25, 0.3) is 0 Å². The summed E-state index contributed by atoms with van der Waals surface area (Å²) in [4.78, 5) is 14.7. The van der Waals surface area contributed by atoms with Crippen LogP contribution in [0.3, 0.4) is 0 Å². The van der Waals surface area contributed by atoms with E-state index in [9.17, 15) is 4.79 Å². The van der Waals surface area contributed by atoms with Crippen LogP contribution in [0.1, 0.15) is 38.1 Å². The first-order valence-electron chi connectivity index (χ1n) is 8.66. The molecular weight excluding hydrogens is 303 g/mol. The van der Waals surface area contributed by atoms with Crippen LogP contribution in [0.15, 0.2) is 24.3 Å². The second-order valence-electron chi connectivity index (χ2n) is 7.82. The number of nitrogens with zero attached hydrogens (tertiary/aromatic N) is 1. The molecule has 0 bridgehead atoms. The molecule has 1 aromatic carbocycles. The van der Waals surface area contributed by atoms with Crippen LogP contribution in [0, 0.1) is 5.92 Å². The first-order chi connectivity index (χ1) is 11.2. The fraction of sp³-hybridized carbons (Fsp3) is 0.611. The van der Waals surface area contributed by atoms with Gasteiger partial charge in [-0.25, -0.2) is 0 Å². The van der Waals surface area contributed by atoms with Crippen LogP contribution in [-0.4, -0.2) is 55.2 Å². The lowest BCUT2D eigenvalue weighted by molar-refractivity contribution is 0.00578. The maximum absolute atomic E-state index is 12.5. The van der Waals surface area contributed by atoms with Gasteiger partial charge in [-0.15, -0.1) is 0 Å². The Balaban J connectivity index is 1.63. The Morgan fingerprint density at radius 3 is 2.21 bits per heavy atom. The molecule has 2 aliphatic heterocycles. The molecule has 0 amide bonds. The average Bonchev–Trinajstić information content (AvgIpc) is 2.70. The molecule has 2 aliphatic rings. The standard InChI is InChI=1S/C18H27BN2O3/c1-17(2)18(3,4)24-19(23-17)15-7-5-13(6-8-15)16(22)14-11-21(12-14)10-9-20/h5-8,14H,9-12,20H2,1-4H3. The molecule has 0 aliphatic carbocycles. The van der Waals surface area contributed by atoms with Crippen LogP contribution < -0.4 is 11.2 Å². The number of benzene rings is 1. The summed E-state index contributed by atoms with van der Waals surface area (Å²) in [5.41, 5.74) is 6.53. The lowest BCUT2D eigenvalue weighted by Gasteiger charge is -2.38. The molecular formula is C18H27BN2O3. The van der Waals surface area contributed by atoms with Gasteiger partial charge in [0.15, 0.2) is 5.78 Å². The summed E-state index contributed by atoms with van der Waals surface area (Å²) in [6.07, 6.45) is 0. The molecule has 2 N–H and O–H groups in total. The van der Waals surface area contributed by atoms with Gasteiger partial charge in [0, 0.05) is 37.7 Å². The highest BCUT2D eigenvalue weighted by atomic mass is 16.7. The zero-order chi connectivity index (χ0) is 17.5. The molecule has 0 saturated carbocycles. The van der Waals surface area contributed by atoms with E-state index in [0.29, 0.717) is 6.54 Å². The summed E-state index contributed by atoms with van der Waals surface area (Å²) >= 11 is 0. The van der Waals surface area contributed by atoms with Crippen molar-refractivity contribution >= 4 is 18.4 Å². The minimum absolute atomic E-state index is 0.0965. The Morgan fingerprint density at radius 2 is 1.71 bits per heavy atom. The van der Waals surface area contributed by atoms with Crippen molar-refractivity contribution in [1.82, 2.24) is 4.90 Å². The average molecular weight is 330 g/mol. The fourth-order valence-corrected chi connectivity index (χ4v) is 3.12. The van der Waals surface area contributed by atoms with Crippen molar-refractivity contribution in [3.63, 3.8) is 0 Å². The third-order valence-electron chi connectivity index (χ3n) is 5.49. The lowest BCUT2D eigenvalue weighted by Crippen LogP contribution is -2.51. The van der Waals surface area contributed by atoms with Crippen molar-refractivity contribution in [2.24, 2.45) is 11.7 Å². The van der Waals surface area contributed by atoms with E-state index in [1.54, 1.807) is 0 Å². The number of ketones is 1. The van der Waals surface area contributed by atoms with Crippen LogP contribution in [0.25, 0.3) is 0 Å². The maximum atomic E-state index is 12.5. The number of Topliss-reactive ketones (excluding diaryl/α,β-unsaturated/α-hetero) is 1. The lowest BCUT2D eigenvalue weighted by atomic mass is 9.78. The minimum Gasteiger partial charge on any atom is -0.399 e. The van der Waals surface area contributed by atoms with Crippen LogP contribution in [0.5, 0.6) is 0 Å². The van der Waals surface area contributed by atoms with E-state index >= 15 is 0 Å². The normalized spacial score (nSPS) is 23.3. The summed E-state index contributed by atoms with van der Waals surface area (Å²) in [6, 6.07) is 7.64. The van der Waals surface area contributed by atoms with Crippen LogP contribution in [0.2, 0.25) is 0 Å². The van der Waals surface area contributed by atoms with Gasteiger partial charge >= 0.3 is 7.12 Å². The topological polar surface area (TPSA) is 64.8 Å². The summed E-state index contributed by atoms with van der Waals surface area (Å²) < 4.78 is 12.1. The van der Waals surface area contributed by atoms with Gasteiger partial charge in [-0.3, -0.25) is 4.79 Å². The number of likely N-dealkylation sites (tertiary alicyclic amines) is 1. The van der Waals surface area contributed by atoms with Gasteiger partial charge < -0.3 is 19.9 Å². The zero-order valence-corrected chi connectivity index (χ0v) is 15.0. The summed E-state index contributed by atoms with van der Waals surface area (Å²) in [5, 5.41) is 0. The van der Waals surface area contributed by atoms with Crippen molar-refractivity contribution in [2.45, 2.75) is 38.9 Å². The van der Waals surface area contributed by atoms with Crippen molar-refractivity contribution < 1.29 is 14.1 Å². The highest BCUT2D eigenvalue weighted by molar-refractivity contribution is 6.62. The van der Waals surface area contributed by atoms with Gasteiger partial charge in [0.05, 0.1) is 11.2 Å². The van der Waals surface area contributed by atoms with Gasteiger partial charge in [-0.1, -0.05) is 24.3 Å². The first kappa shape index (κ1) is 17.6. The second-order valence-corrected chi connectivity index (χ2v) is 7.82. The number of rotatable bonds is 5. The second kappa shape index (κ2) is 6.26. The third-order valence-corrected chi connectivity index (χ3v) is 5.49. The van der Waals surface area contributed by atoms with E-state index in [2.05, 4.69) is 4.90 Å². The van der Waals surface area contributed by atoms with Crippen LogP contribution >= 0.6 is 0 Å². The van der Waals surface area contributed by atoms with Crippen LogP contribution in [-0.2, 0) is 9.31 Å². The molecule has 3 rings (SSSR count). The molecule has 0 unspecified atom stereocenters. The molecule has 130 valence electrons. The van der Waals surface area contributed by atoms with Crippen LogP contribution in [0.4, 0.5) is 0 Å². The number of nitrogens with two attached hydrogens (primary N) is 1. The number of hydrogen-bond acceptors (Lipinski definition) is 5. The van der Waals surface area contributed by atoms with Crippen molar-refractivity contribution in [2.75, 3.05) is 26.2 Å². The molecule has 2 fully saturated rings. The predicted octanol–water partition coefficient (Wildman–Crippen LogP) is 1.06. The number of carbonyl (C=O) groups is 1. The molecule has 24 heavy (non-hydrogen) atoms. The molecule has 2 heterocycles. The van der Waals surface area contributed by atoms with Gasteiger partial charge in [0.1, 0.15) is 0 Å². The monoisotopic (exact) mass is 330 g/mol. The van der Waals surface area contributed by atoms with E-state index in [1.165, 1.54) is 0 Å². The third kappa shape index (κ3) is 3.16. The quantitative estimate of drug-likeness (QED) is 0.646. The van der Waals surface area contributed by atoms with Crippen molar-refractivity contribution in [1.29, 1.82) is 0 Å². The van der Waals surface area contributed by atoms with Gasteiger partial charge in [0.2, 0.25) is 0 Å². The molecule has 5 nitrogen and oxygen atoms in total. The summed E-state index contributed by atoms with van der Waals surface area (Å²) in [5.74, 6) is 0.308. The van der Waals surface area contributed by atoms with E-state index < -0.39 is 0 Å². The van der Waals surface area contributed by atoms with E-state index in [1.807, 2.05) is 52.0 Å². The Labute approximate surface area is 144 Å². The van der Waals surface area contributed by atoms with Gasteiger partial charge in [-0.2, -0.15) is 0 Å². The van der Waals surface area contributed by atoms with E-state index in [-0.39, 0.29) is 30.0 Å². The van der Waals surface area contributed by atoms with Gasteiger partial charge in [-0.05, 0) is 33.2 Å². The largest absolute Gasteiger partial charge is 0.494 e. The predicted molar refractivity (Wildman–Crippen MR) is 95.5 cm³/mol. The summed E-state index contributed by atoms with van der Waals surface area (Å²) in [7, 11) is -0.386. The first-order valence-corrected chi connectivity index (χ1v) is 8.66. The number of hydrogen-bond donors (Lipinski definition) is 1. The fourth-order valence-electron chi connectivity index (χ4n) is 3.12. The summed E-state index contributed by atoms with van der Waals surface area (Å²) in [6.45, 7) is 11.3. The molecule has 1 aromatic rings. The molecule has 2 saturated heterocycles. The molecule has 6 heteroatoms. The SMILES string of the molecule is CC1(C)OB(c2ccc(C(=O)C3CN(CCN)C3)cc2)OC1(C)C. The Kier molecular flexibility index (Phi) is 4.60. The molecule has 0 spiro atoms. The number of carbonyl (C=O) groups excluding carboxylic acids is 1. The van der Waals surface area contributed by atoms with E-state index in [0.717, 1.165) is 30.7 Å². The Hall–Kier alpha value is -1.21. The smallest absolute Gasteiger partial charge is 0.399 e.